The zero-order valence-electron chi connectivity index (χ0n) is 16.5. The molecule has 1 saturated heterocycles. The summed E-state index contributed by atoms with van der Waals surface area (Å²) >= 11 is 0. The molecular formula is C19H30N2O5S. The van der Waals surface area contributed by atoms with Gasteiger partial charge in [0, 0.05) is 6.26 Å². The molecule has 2 N–H and O–H groups in total. The van der Waals surface area contributed by atoms with Gasteiger partial charge < -0.3 is 20.1 Å². The molecule has 1 aliphatic rings. The standard InChI is InChI=1S/C19H30N2O5S/c1-5-12-26-16-7-6-15(13-17(16)25-3)14(2)21-18(22)19(27(4,23)24)8-10-20-11-9-19/h6-7,13-14,20H,5,8-12H2,1-4H3,(H,21,22). The average molecular weight is 399 g/mol. The number of nitrogens with one attached hydrogen (secondary N) is 2. The highest BCUT2D eigenvalue weighted by Gasteiger charge is 2.48. The fraction of sp³-hybridized carbons (Fsp3) is 0.632. The molecular weight excluding hydrogens is 368 g/mol. The van der Waals surface area contributed by atoms with Gasteiger partial charge in [-0.3, -0.25) is 4.79 Å². The average Bonchev–Trinajstić information content (AvgIpc) is 2.65. The zero-order chi connectivity index (χ0) is 20.1. The topological polar surface area (TPSA) is 93.7 Å². The van der Waals surface area contributed by atoms with Gasteiger partial charge in [-0.05, 0) is 57.0 Å². The Morgan fingerprint density at radius 1 is 1.30 bits per heavy atom. The van der Waals surface area contributed by atoms with Crippen LogP contribution in [0.25, 0.3) is 0 Å². The lowest BCUT2D eigenvalue weighted by molar-refractivity contribution is -0.125. The Balaban J connectivity index is 2.20. The zero-order valence-corrected chi connectivity index (χ0v) is 17.3. The molecule has 0 saturated carbocycles. The molecule has 7 nitrogen and oxygen atoms in total. The molecule has 1 aliphatic heterocycles. The van der Waals surface area contributed by atoms with Crippen LogP contribution in [-0.4, -0.2) is 52.1 Å². The van der Waals surface area contributed by atoms with Crippen LogP contribution in [0, 0.1) is 0 Å². The lowest BCUT2D eigenvalue weighted by atomic mass is 9.95. The van der Waals surface area contributed by atoms with Crippen LogP contribution in [0.2, 0.25) is 0 Å². The molecule has 8 heteroatoms. The van der Waals surface area contributed by atoms with Crippen LogP contribution in [0.15, 0.2) is 18.2 Å². The minimum absolute atomic E-state index is 0.275. The summed E-state index contributed by atoms with van der Waals surface area (Å²) in [5.74, 6) is 0.790. The second-order valence-electron chi connectivity index (χ2n) is 6.97. The van der Waals surface area contributed by atoms with E-state index in [2.05, 4.69) is 10.6 Å². The van der Waals surface area contributed by atoms with E-state index in [-0.39, 0.29) is 18.9 Å². The van der Waals surface area contributed by atoms with E-state index in [1.54, 1.807) is 7.11 Å². The number of benzene rings is 1. The van der Waals surface area contributed by atoms with Gasteiger partial charge in [-0.2, -0.15) is 0 Å². The highest BCUT2D eigenvalue weighted by Crippen LogP contribution is 2.32. The predicted octanol–water partition coefficient (Wildman–Crippen LogP) is 1.83. The monoisotopic (exact) mass is 398 g/mol. The van der Waals surface area contributed by atoms with Crippen LogP contribution in [0.3, 0.4) is 0 Å². The van der Waals surface area contributed by atoms with Gasteiger partial charge in [0.2, 0.25) is 5.91 Å². The van der Waals surface area contributed by atoms with E-state index < -0.39 is 20.5 Å². The number of hydrogen-bond acceptors (Lipinski definition) is 6. The Hall–Kier alpha value is -1.80. The number of amides is 1. The summed E-state index contributed by atoms with van der Waals surface area (Å²) in [6.07, 6.45) is 2.58. The molecule has 0 bridgehead atoms. The molecule has 1 aromatic carbocycles. The molecule has 1 amide bonds. The fourth-order valence-electron chi connectivity index (χ4n) is 3.29. The fourth-order valence-corrected chi connectivity index (χ4v) is 4.63. The Morgan fingerprint density at radius 3 is 2.52 bits per heavy atom. The normalized spacial score (nSPS) is 17.8. The van der Waals surface area contributed by atoms with Crippen LogP contribution < -0.4 is 20.1 Å². The maximum Gasteiger partial charge on any atom is 0.242 e. The van der Waals surface area contributed by atoms with E-state index >= 15 is 0 Å². The third-order valence-electron chi connectivity index (χ3n) is 5.03. The van der Waals surface area contributed by atoms with E-state index in [1.807, 2.05) is 32.0 Å². The first-order valence-corrected chi connectivity index (χ1v) is 11.2. The summed E-state index contributed by atoms with van der Waals surface area (Å²) in [7, 11) is -1.98. The molecule has 1 atom stereocenters. The van der Waals surface area contributed by atoms with Crippen molar-refractivity contribution in [3.05, 3.63) is 23.8 Å². The smallest absolute Gasteiger partial charge is 0.242 e. The summed E-state index contributed by atoms with van der Waals surface area (Å²) < 4.78 is 34.4. The van der Waals surface area contributed by atoms with Crippen molar-refractivity contribution in [2.24, 2.45) is 0 Å². The molecule has 27 heavy (non-hydrogen) atoms. The first-order chi connectivity index (χ1) is 12.7. The van der Waals surface area contributed by atoms with E-state index in [0.29, 0.717) is 31.2 Å². The number of hydrogen-bond donors (Lipinski definition) is 2. The third kappa shape index (κ3) is 4.73. The quantitative estimate of drug-likeness (QED) is 0.694. The van der Waals surface area contributed by atoms with Crippen LogP contribution in [-0.2, 0) is 14.6 Å². The van der Waals surface area contributed by atoms with Gasteiger partial charge >= 0.3 is 0 Å². The van der Waals surface area contributed by atoms with E-state index in [9.17, 15) is 13.2 Å². The molecule has 1 unspecified atom stereocenters. The summed E-state index contributed by atoms with van der Waals surface area (Å²) in [6, 6.07) is 5.11. The lowest BCUT2D eigenvalue weighted by Crippen LogP contribution is -2.57. The van der Waals surface area contributed by atoms with E-state index in [4.69, 9.17) is 9.47 Å². The van der Waals surface area contributed by atoms with Crippen LogP contribution >= 0.6 is 0 Å². The second-order valence-corrected chi connectivity index (χ2v) is 9.30. The molecule has 0 aromatic heterocycles. The number of rotatable bonds is 8. The molecule has 2 rings (SSSR count). The van der Waals surface area contributed by atoms with Crippen molar-refractivity contribution in [3.8, 4) is 11.5 Å². The second kappa shape index (κ2) is 8.93. The molecule has 0 spiro atoms. The highest BCUT2D eigenvalue weighted by molar-refractivity contribution is 7.92. The molecule has 1 heterocycles. The van der Waals surface area contributed by atoms with Crippen molar-refractivity contribution in [2.45, 2.75) is 43.9 Å². The number of piperidine rings is 1. The number of carbonyl (C=O) groups excluding carboxylic acids is 1. The number of ether oxygens (including phenoxy) is 2. The van der Waals surface area contributed by atoms with Crippen molar-refractivity contribution in [3.63, 3.8) is 0 Å². The van der Waals surface area contributed by atoms with Crippen molar-refractivity contribution in [2.75, 3.05) is 33.1 Å². The Kier molecular flexibility index (Phi) is 7.11. The minimum Gasteiger partial charge on any atom is -0.493 e. The lowest BCUT2D eigenvalue weighted by Gasteiger charge is -2.35. The molecule has 0 aliphatic carbocycles. The van der Waals surface area contributed by atoms with Crippen molar-refractivity contribution in [1.29, 1.82) is 0 Å². The van der Waals surface area contributed by atoms with Gasteiger partial charge in [-0.25, -0.2) is 8.42 Å². The van der Waals surface area contributed by atoms with Crippen molar-refractivity contribution >= 4 is 15.7 Å². The third-order valence-corrected chi connectivity index (χ3v) is 7.04. The first kappa shape index (κ1) is 21.5. The van der Waals surface area contributed by atoms with E-state index in [0.717, 1.165) is 18.2 Å². The summed E-state index contributed by atoms with van der Waals surface area (Å²) in [6.45, 7) is 5.46. The van der Waals surface area contributed by atoms with E-state index in [1.165, 1.54) is 0 Å². The Labute approximate surface area is 161 Å². The number of sulfone groups is 1. The van der Waals surface area contributed by atoms with Gasteiger partial charge in [-0.15, -0.1) is 0 Å². The first-order valence-electron chi connectivity index (χ1n) is 9.27. The largest absolute Gasteiger partial charge is 0.493 e. The van der Waals surface area contributed by atoms with Crippen molar-refractivity contribution < 1.29 is 22.7 Å². The number of methoxy groups -OCH3 is 1. The SMILES string of the molecule is CCCOc1ccc(C(C)NC(=O)C2(S(C)(=O)=O)CCNCC2)cc1OC. The van der Waals surface area contributed by atoms with Gasteiger partial charge in [0.1, 0.15) is 0 Å². The number of carbonyl (C=O) groups is 1. The highest BCUT2D eigenvalue weighted by atomic mass is 32.2. The molecule has 0 radical (unpaired) electrons. The van der Waals surface area contributed by atoms with Crippen LogP contribution in [0.5, 0.6) is 11.5 Å². The minimum atomic E-state index is -3.54. The molecule has 1 fully saturated rings. The van der Waals surface area contributed by atoms with Crippen LogP contribution in [0.1, 0.15) is 44.7 Å². The van der Waals surface area contributed by atoms with Gasteiger partial charge in [0.15, 0.2) is 26.1 Å². The maximum atomic E-state index is 12.9. The van der Waals surface area contributed by atoms with Crippen molar-refractivity contribution in [1.82, 2.24) is 10.6 Å². The summed E-state index contributed by atoms with van der Waals surface area (Å²) in [5.41, 5.74) is 0.821. The van der Waals surface area contributed by atoms with Gasteiger partial charge in [0.05, 0.1) is 19.8 Å². The maximum absolute atomic E-state index is 12.9. The predicted molar refractivity (Wildman–Crippen MR) is 105 cm³/mol. The summed E-state index contributed by atoms with van der Waals surface area (Å²) in [4.78, 5) is 12.9. The van der Waals surface area contributed by atoms with Crippen LogP contribution in [0.4, 0.5) is 0 Å². The Morgan fingerprint density at radius 2 is 1.96 bits per heavy atom. The Bertz CT molecular complexity index is 757. The summed E-state index contributed by atoms with van der Waals surface area (Å²) in [5, 5.41) is 6.00. The molecule has 152 valence electrons. The van der Waals surface area contributed by atoms with Gasteiger partial charge in [-0.1, -0.05) is 13.0 Å². The molecule has 1 aromatic rings. The van der Waals surface area contributed by atoms with Gasteiger partial charge in [0.25, 0.3) is 0 Å².